The van der Waals surface area contributed by atoms with Gasteiger partial charge in [0.1, 0.15) is 0 Å². The summed E-state index contributed by atoms with van der Waals surface area (Å²) >= 11 is 0. The number of rotatable bonds is 2. The summed E-state index contributed by atoms with van der Waals surface area (Å²) in [4.78, 5) is 11.9. The number of hydrogen-bond acceptors (Lipinski definition) is 3. The maximum Gasteiger partial charge on any atom is 0.237 e. The molecule has 16 heavy (non-hydrogen) atoms. The highest BCUT2D eigenvalue weighted by molar-refractivity contribution is 5.82. The molecule has 1 amide bonds. The number of hydrogen-bond donors (Lipinski definition) is 3. The first-order chi connectivity index (χ1) is 7.30. The first-order valence-electron chi connectivity index (χ1n) is 6.12. The molecule has 1 aliphatic rings. The van der Waals surface area contributed by atoms with Crippen LogP contribution in [0.5, 0.6) is 0 Å². The van der Waals surface area contributed by atoms with E-state index in [1.807, 2.05) is 20.8 Å². The molecule has 1 atom stereocenters. The molecule has 0 aromatic heterocycles. The third-order valence-corrected chi connectivity index (χ3v) is 3.33. The predicted molar refractivity (Wildman–Crippen MR) is 65.8 cm³/mol. The Morgan fingerprint density at radius 2 is 1.75 bits per heavy atom. The van der Waals surface area contributed by atoms with E-state index in [1.165, 1.54) is 0 Å². The largest absolute Gasteiger partial charge is 0.352 e. The van der Waals surface area contributed by atoms with Crippen molar-refractivity contribution in [3.8, 4) is 0 Å². The topological polar surface area (TPSA) is 81.1 Å². The van der Waals surface area contributed by atoms with Crippen molar-refractivity contribution >= 4 is 5.91 Å². The third-order valence-electron chi connectivity index (χ3n) is 3.33. The Balaban J connectivity index is 2.40. The molecule has 0 aromatic carbocycles. The lowest BCUT2D eigenvalue weighted by atomic mass is 9.86. The molecule has 4 nitrogen and oxygen atoms in total. The molecule has 5 N–H and O–H groups in total. The molecular formula is C12H25N3O. The summed E-state index contributed by atoms with van der Waals surface area (Å²) in [6, 6.07) is 0.133. The van der Waals surface area contributed by atoms with Gasteiger partial charge in [0.05, 0.1) is 6.04 Å². The van der Waals surface area contributed by atoms with E-state index in [4.69, 9.17) is 11.5 Å². The van der Waals surface area contributed by atoms with Crippen LogP contribution in [0.25, 0.3) is 0 Å². The standard InChI is InChI=1S/C12H25N3O/c1-12(2,3)10(14)11(16)15-9-6-4-8(13)5-7-9/h8-10H,4-7,13-14H2,1-3H3,(H,15,16)/t8?,9?,10-/m1/s1. The van der Waals surface area contributed by atoms with Crippen LogP contribution in [0.2, 0.25) is 0 Å². The molecule has 1 saturated carbocycles. The summed E-state index contributed by atoms with van der Waals surface area (Å²) in [5.41, 5.74) is 11.5. The van der Waals surface area contributed by atoms with E-state index < -0.39 is 6.04 Å². The fourth-order valence-corrected chi connectivity index (χ4v) is 1.95. The summed E-state index contributed by atoms with van der Waals surface area (Å²) in [5.74, 6) is -0.0343. The minimum atomic E-state index is -0.442. The van der Waals surface area contributed by atoms with E-state index in [1.54, 1.807) is 0 Å². The molecule has 4 heteroatoms. The van der Waals surface area contributed by atoms with Crippen molar-refractivity contribution in [1.82, 2.24) is 5.32 Å². The van der Waals surface area contributed by atoms with Crippen LogP contribution in [-0.4, -0.2) is 24.0 Å². The quantitative estimate of drug-likeness (QED) is 0.651. The SMILES string of the molecule is CC(C)(C)[C@H](N)C(=O)NC1CCC(N)CC1. The van der Waals surface area contributed by atoms with Crippen molar-refractivity contribution in [1.29, 1.82) is 0 Å². The molecule has 0 heterocycles. The van der Waals surface area contributed by atoms with Crippen molar-refractivity contribution in [2.24, 2.45) is 16.9 Å². The molecule has 1 fully saturated rings. The summed E-state index contributed by atoms with van der Waals surface area (Å²) in [7, 11) is 0. The summed E-state index contributed by atoms with van der Waals surface area (Å²) in [5, 5.41) is 3.03. The average molecular weight is 227 g/mol. The van der Waals surface area contributed by atoms with E-state index in [0.29, 0.717) is 6.04 Å². The van der Waals surface area contributed by atoms with Gasteiger partial charge in [-0.15, -0.1) is 0 Å². The van der Waals surface area contributed by atoms with Gasteiger partial charge in [0.25, 0.3) is 0 Å². The summed E-state index contributed by atoms with van der Waals surface area (Å²) in [6.07, 6.45) is 3.94. The maximum absolute atomic E-state index is 11.9. The summed E-state index contributed by atoms with van der Waals surface area (Å²) in [6.45, 7) is 5.94. The molecule has 0 bridgehead atoms. The zero-order chi connectivity index (χ0) is 12.3. The lowest BCUT2D eigenvalue weighted by molar-refractivity contribution is -0.125. The monoisotopic (exact) mass is 227 g/mol. The molecule has 1 aliphatic carbocycles. The first-order valence-corrected chi connectivity index (χ1v) is 6.12. The van der Waals surface area contributed by atoms with E-state index in [0.717, 1.165) is 25.7 Å². The Kier molecular flexibility index (Phi) is 4.33. The molecule has 0 spiro atoms. The molecule has 0 saturated heterocycles. The lowest BCUT2D eigenvalue weighted by Gasteiger charge is -2.31. The van der Waals surface area contributed by atoms with Crippen molar-refractivity contribution in [2.45, 2.75) is 64.6 Å². The fourth-order valence-electron chi connectivity index (χ4n) is 1.95. The maximum atomic E-state index is 11.9. The molecule has 0 unspecified atom stereocenters. The minimum absolute atomic E-state index is 0.0343. The average Bonchev–Trinajstić information content (AvgIpc) is 2.19. The Morgan fingerprint density at radius 3 is 2.19 bits per heavy atom. The zero-order valence-corrected chi connectivity index (χ0v) is 10.6. The highest BCUT2D eigenvalue weighted by Gasteiger charge is 2.29. The number of amides is 1. The normalized spacial score (nSPS) is 28.6. The van der Waals surface area contributed by atoms with E-state index >= 15 is 0 Å². The second-order valence-corrected chi connectivity index (χ2v) is 5.96. The highest BCUT2D eigenvalue weighted by Crippen LogP contribution is 2.20. The van der Waals surface area contributed by atoms with Crippen LogP contribution in [0.1, 0.15) is 46.5 Å². The van der Waals surface area contributed by atoms with Crippen LogP contribution in [0.4, 0.5) is 0 Å². The van der Waals surface area contributed by atoms with Crippen LogP contribution in [0, 0.1) is 5.41 Å². The first kappa shape index (κ1) is 13.5. The van der Waals surface area contributed by atoms with Gasteiger partial charge in [-0.25, -0.2) is 0 Å². The Morgan fingerprint density at radius 1 is 1.25 bits per heavy atom. The number of nitrogens with one attached hydrogen (secondary N) is 1. The van der Waals surface area contributed by atoms with Crippen molar-refractivity contribution in [3.05, 3.63) is 0 Å². The van der Waals surface area contributed by atoms with Gasteiger partial charge in [-0.1, -0.05) is 20.8 Å². The number of carbonyl (C=O) groups excluding carboxylic acids is 1. The van der Waals surface area contributed by atoms with Crippen molar-refractivity contribution in [3.63, 3.8) is 0 Å². The Bertz CT molecular complexity index is 239. The molecule has 0 aromatic rings. The van der Waals surface area contributed by atoms with Gasteiger partial charge in [0.15, 0.2) is 0 Å². The summed E-state index contributed by atoms with van der Waals surface area (Å²) < 4.78 is 0. The minimum Gasteiger partial charge on any atom is -0.352 e. The Hall–Kier alpha value is -0.610. The van der Waals surface area contributed by atoms with Crippen LogP contribution in [0.3, 0.4) is 0 Å². The van der Waals surface area contributed by atoms with Gasteiger partial charge < -0.3 is 16.8 Å². The van der Waals surface area contributed by atoms with E-state index in [-0.39, 0.29) is 17.4 Å². The van der Waals surface area contributed by atoms with Crippen LogP contribution >= 0.6 is 0 Å². The molecular weight excluding hydrogens is 202 g/mol. The van der Waals surface area contributed by atoms with Crippen molar-refractivity contribution < 1.29 is 4.79 Å². The smallest absolute Gasteiger partial charge is 0.237 e. The van der Waals surface area contributed by atoms with Crippen LogP contribution < -0.4 is 16.8 Å². The molecule has 1 rings (SSSR count). The number of nitrogens with two attached hydrogens (primary N) is 2. The molecule has 0 aliphatic heterocycles. The predicted octanol–water partition coefficient (Wildman–Crippen LogP) is 0.746. The third kappa shape index (κ3) is 3.76. The van der Waals surface area contributed by atoms with Gasteiger partial charge in [0.2, 0.25) is 5.91 Å². The van der Waals surface area contributed by atoms with E-state index in [2.05, 4.69) is 5.32 Å². The van der Waals surface area contributed by atoms with Crippen molar-refractivity contribution in [2.75, 3.05) is 0 Å². The second kappa shape index (κ2) is 5.15. The highest BCUT2D eigenvalue weighted by atomic mass is 16.2. The van der Waals surface area contributed by atoms with Crippen LogP contribution in [-0.2, 0) is 4.79 Å². The zero-order valence-electron chi connectivity index (χ0n) is 10.6. The van der Waals surface area contributed by atoms with Gasteiger partial charge in [-0.2, -0.15) is 0 Å². The van der Waals surface area contributed by atoms with Gasteiger partial charge in [-0.05, 0) is 31.1 Å². The molecule has 0 radical (unpaired) electrons. The van der Waals surface area contributed by atoms with Gasteiger partial charge in [-0.3, -0.25) is 4.79 Å². The lowest BCUT2D eigenvalue weighted by Crippen LogP contribution is -2.52. The van der Waals surface area contributed by atoms with E-state index in [9.17, 15) is 4.79 Å². The molecule has 94 valence electrons. The Labute approximate surface area is 98.1 Å². The van der Waals surface area contributed by atoms with Gasteiger partial charge >= 0.3 is 0 Å². The number of carbonyl (C=O) groups is 1. The van der Waals surface area contributed by atoms with Gasteiger partial charge in [0, 0.05) is 12.1 Å². The second-order valence-electron chi connectivity index (χ2n) is 5.96. The fraction of sp³-hybridized carbons (Fsp3) is 0.917. The van der Waals surface area contributed by atoms with Crippen LogP contribution in [0.15, 0.2) is 0 Å².